The van der Waals surface area contributed by atoms with Crippen molar-refractivity contribution in [1.29, 1.82) is 0 Å². The summed E-state index contributed by atoms with van der Waals surface area (Å²) in [5.74, 6) is 0.395. The normalized spacial score (nSPS) is 15.6. The summed E-state index contributed by atoms with van der Waals surface area (Å²) in [6.07, 6.45) is 0. The van der Waals surface area contributed by atoms with Crippen LogP contribution in [0.5, 0.6) is 0 Å². The minimum Gasteiger partial charge on any atom is -0.396 e. The van der Waals surface area contributed by atoms with E-state index in [1.807, 2.05) is 0 Å². The molecule has 0 radical (unpaired) electrons. The summed E-state index contributed by atoms with van der Waals surface area (Å²) in [5, 5.41) is 8.29. The summed E-state index contributed by atoms with van der Waals surface area (Å²) in [4.78, 5) is 0. The molecule has 0 rings (SSSR count). The minimum atomic E-state index is -0.211. The Bertz CT molecular complexity index is 23.6. The van der Waals surface area contributed by atoms with E-state index < -0.39 is 0 Å². The second kappa shape index (κ2) is 2.69. The maximum atomic E-state index is 8.29. The number of hydrogen-bond acceptors (Lipinski definition) is 1. The predicted octanol–water partition coefficient (Wildman–Crippen LogP) is -1.09. The molecule has 3 heteroatoms. The van der Waals surface area contributed by atoms with Crippen LogP contribution >= 0.6 is 11.6 Å². The Morgan fingerprint density at radius 2 is 2.20 bits per heavy atom. The number of rotatable bonds is 1. The van der Waals surface area contributed by atoms with Crippen molar-refractivity contribution in [1.82, 2.24) is 0 Å². The van der Waals surface area contributed by atoms with Crippen molar-refractivity contribution in [3.05, 3.63) is 0 Å². The molecule has 0 saturated heterocycles. The maximum Gasteiger partial charge on any atom is 0.0482 e. The van der Waals surface area contributed by atoms with Gasteiger partial charge < -0.3 is 5.11 Å². The lowest BCUT2D eigenvalue weighted by Crippen LogP contribution is -2.05. The molecule has 0 aromatic rings. The zero-order valence-electron chi connectivity index (χ0n) is 3.11. The molecule has 0 aliphatic rings. The third-order valence-corrected chi connectivity index (χ3v) is 1.60. The quantitative estimate of drug-likeness (QED) is 0.336. The standard InChI is InChI=1S/C2H7ClOSi/c3-1-2(4)5/h2,4H,1H2,5H3. The van der Waals surface area contributed by atoms with Crippen LogP contribution in [0.2, 0.25) is 0 Å². The minimum absolute atomic E-state index is 0.211. The van der Waals surface area contributed by atoms with E-state index >= 15 is 0 Å². The van der Waals surface area contributed by atoms with Gasteiger partial charge in [0.05, 0.1) is 0 Å². The Kier molecular flexibility index (Phi) is 2.94. The molecule has 1 N–H and O–H groups in total. The lowest BCUT2D eigenvalue weighted by molar-refractivity contribution is 0.279. The first-order chi connectivity index (χ1) is 2.27. The molecule has 5 heavy (non-hydrogen) atoms. The van der Waals surface area contributed by atoms with Gasteiger partial charge in [0.1, 0.15) is 0 Å². The first-order valence-electron chi connectivity index (χ1n) is 1.51. The molecular weight excluding hydrogens is 104 g/mol. The Morgan fingerprint density at radius 1 is 2.00 bits per heavy atom. The molecule has 0 heterocycles. The molecule has 0 aliphatic carbocycles. The van der Waals surface area contributed by atoms with E-state index in [1.54, 1.807) is 0 Å². The lowest BCUT2D eigenvalue weighted by atomic mass is 10.9. The number of alkyl halides is 1. The highest BCUT2D eigenvalue weighted by atomic mass is 35.5. The van der Waals surface area contributed by atoms with Gasteiger partial charge in [-0.25, -0.2) is 0 Å². The van der Waals surface area contributed by atoms with E-state index in [2.05, 4.69) is 0 Å². The fourth-order valence-corrected chi connectivity index (χ4v) is 0. The van der Waals surface area contributed by atoms with Crippen molar-refractivity contribution < 1.29 is 5.11 Å². The summed E-state index contributed by atoms with van der Waals surface area (Å²) >= 11 is 5.12. The van der Waals surface area contributed by atoms with E-state index in [0.29, 0.717) is 5.88 Å². The Hall–Kier alpha value is 0.467. The Morgan fingerprint density at radius 3 is 2.20 bits per heavy atom. The molecule has 1 unspecified atom stereocenters. The molecule has 0 saturated carbocycles. The number of aliphatic hydroxyl groups excluding tert-OH is 1. The highest BCUT2D eigenvalue weighted by Gasteiger charge is 1.84. The van der Waals surface area contributed by atoms with Crippen LogP contribution in [0.3, 0.4) is 0 Å². The summed E-state index contributed by atoms with van der Waals surface area (Å²) < 4.78 is 0. The molecule has 32 valence electrons. The van der Waals surface area contributed by atoms with E-state index in [1.165, 1.54) is 0 Å². The highest BCUT2D eigenvalue weighted by Crippen LogP contribution is 1.75. The van der Waals surface area contributed by atoms with E-state index in [-0.39, 0.29) is 5.73 Å². The Labute approximate surface area is 39.4 Å². The van der Waals surface area contributed by atoms with Gasteiger partial charge in [0.2, 0.25) is 0 Å². The molecule has 0 fully saturated rings. The molecule has 0 aromatic heterocycles. The number of aliphatic hydroxyl groups is 1. The molecule has 0 aromatic carbocycles. The number of halogens is 1. The monoisotopic (exact) mass is 110 g/mol. The first-order valence-corrected chi connectivity index (χ1v) is 3.20. The molecular formula is C2H7ClOSi. The highest BCUT2D eigenvalue weighted by molar-refractivity contribution is 6.23. The van der Waals surface area contributed by atoms with E-state index in [0.717, 1.165) is 10.2 Å². The van der Waals surface area contributed by atoms with Gasteiger partial charge in [-0.15, -0.1) is 11.6 Å². The van der Waals surface area contributed by atoms with Crippen LogP contribution in [0.1, 0.15) is 0 Å². The fraction of sp³-hybridized carbons (Fsp3) is 1.00. The van der Waals surface area contributed by atoms with E-state index in [9.17, 15) is 0 Å². The zero-order chi connectivity index (χ0) is 4.28. The third-order valence-electron chi connectivity index (χ3n) is 0.223. The van der Waals surface area contributed by atoms with Crippen molar-refractivity contribution in [2.75, 3.05) is 5.88 Å². The smallest absolute Gasteiger partial charge is 0.0482 e. The second-order valence-corrected chi connectivity index (χ2v) is 2.64. The molecule has 0 spiro atoms. The van der Waals surface area contributed by atoms with Gasteiger partial charge in [0.15, 0.2) is 0 Å². The summed E-state index contributed by atoms with van der Waals surface area (Å²) in [6, 6.07) is 0. The van der Waals surface area contributed by atoms with Crippen molar-refractivity contribution in [3.63, 3.8) is 0 Å². The van der Waals surface area contributed by atoms with Crippen LogP contribution < -0.4 is 0 Å². The van der Waals surface area contributed by atoms with Crippen LogP contribution in [0.4, 0.5) is 0 Å². The largest absolute Gasteiger partial charge is 0.396 e. The van der Waals surface area contributed by atoms with Crippen LogP contribution in [-0.2, 0) is 0 Å². The molecule has 1 atom stereocenters. The molecule has 0 aliphatic heterocycles. The van der Waals surface area contributed by atoms with Crippen molar-refractivity contribution in [2.45, 2.75) is 5.73 Å². The van der Waals surface area contributed by atoms with Crippen LogP contribution in [0.15, 0.2) is 0 Å². The maximum absolute atomic E-state index is 8.29. The van der Waals surface area contributed by atoms with Gasteiger partial charge >= 0.3 is 0 Å². The zero-order valence-corrected chi connectivity index (χ0v) is 5.87. The fourth-order valence-electron chi connectivity index (χ4n) is 0. The first kappa shape index (κ1) is 5.47. The second-order valence-electron chi connectivity index (χ2n) is 1.00. The summed E-state index contributed by atoms with van der Waals surface area (Å²) in [7, 11) is 0.793. The van der Waals surface area contributed by atoms with Crippen LogP contribution in [0.25, 0.3) is 0 Å². The van der Waals surface area contributed by atoms with Gasteiger partial charge in [-0.05, 0) is 0 Å². The molecule has 1 nitrogen and oxygen atoms in total. The number of hydrogen-bond donors (Lipinski definition) is 1. The average Bonchev–Trinajstić information content (AvgIpc) is 1.38. The van der Waals surface area contributed by atoms with Gasteiger partial charge in [0, 0.05) is 21.8 Å². The van der Waals surface area contributed by atoms with Gasteiger partial charge in [0.25, 0.3) is 0 Å². The Balaban J connectivity index is 2.54. The lowest BCUT2D eigenvalue weighted by Gasteiger charge is -1.88. The topological polar surface area (TPSA) is 20.2 Å². The third kappa shape index (κ3) is 4.47. The van der Waals surface area contributed by atoms with E-state index in [4.69, 9.17) is 16.7 Å². The summed E-state index contributed by atoms with van der Waals surface area (Å²) in [5.41, 5.74) is -0.211. The van der Waals surface area contributed by atoms with Gasteiger partial charge in [-0.3, -0.25) is 0 Å². The van der Waals surface area contributed by atoms with Crippen molar-refractivity contribution in [2.24, 2.45) is 0 Å². The molecule has 0 bridgehead atoms. The average molecular weight is 111 g/mol. The predicted molar refractivity (Wildman–Crippen MR) is 26.7 cm³/mol. The SMILES string of the molecule is OC([SiH3])CCl. The summed E-state index contributed by atoms with van der Waals surface area (Å²) in [6.45, 7) is 0. The van der Waals surface area contributed by atoms with Crippen LogP contribution in [-0.4, -0.2) is 27.0 Å². The van der Waals surface area contributed by atoms with Crippen molar-refractivity contribution >= 4 is 21.8 Å². The van der Waals surface area contributed by atoms with Crippen LogP contribution in [0, 0.1) is 0 Å². The van der Waals surface area contributed by atoms with Gasteiger partial charge in [-0.2, -0.15) is 0 Å². The molecule has 0 amide bonds. The van der Waals surface area contributed by atoms with Crippen molar-refractivity contribution in [3.8, 4) is 0 Å². The van der Waals surface area contributed by atoms with Gasteiger partial charge in [-0.1, -0.05) is 0 Å².